The number of fused-ring (bicyclic) bond motifs is 1. The molecule has 1 aliphatic heterocycles. The molecule has 1 atom stereocenters. The van der Waals surface area contributed by atoms with E-state index in [0.717, 1.165) is 0 Å². The number of nitrogens with zero attached hydrogens (tertiary/aromatic N) is 3. The SMILES string of the molecule is COc1ccc(N(C(=O)Nc2ccc(Cl)c(Cl)c2)C2c3cccn3C(=O)N2c2ccc(Cl)c(Cl)c2)cc1. The first kappa shape index (κ1) is 25.3. The molecule has 0 spiro atoms. The minimum Gasteiger partial charge on any atom is -0.497 e. The highest BCUT2D eigenvalue weighted by Crippen LogP contribution is 2.41. The van der Waals surface area contributed by atoms with Gasteiger partial charge in [0.2, 0.25) is 0 Å². The van der Waals surface area contributed by atoms with Gasteiger partial charge in [0.05, 0.1) is 32.9 Å². The van der Waals surface area contributed by atoms with Gasteiger partial charge in [0, 0.05) is 23.3 Å². The summed E-state index contributed by atoms with van der Waals surface area (Å²) in [6, 6.07) is 19.2. The Hall–Kier alpha value is -3.36. The van der Waals surface area contributed by atoms with Gasteiger partial charge < -0.3 is 10.1 Å². The van der Waals surface area contributed by atoms with Crippen molar-refractivity contribution in [2.45, 2.75) is 6.17 Å². The topological polar surface area (TPSA) is 66.8 Å². The highest BCUT2D eigenvalue weighted by atomic mass is 35.5. The number of nitrogens with one attached hydrogen (secondary N) is 1. The molecule has 0 fully saturated rings. The summed E-state index contributed by atoms with van der Waals surface area (Å²) in [6.45, 7) is 0. The largest absolute Gasteiger partial charge is 0.497 e. The number of methoxy groups -OCH3 is 1. The molecule has 1 unspecified atom stereocenters. The third-order valence-corrected chi connectivity index (χ3v) is 7.35. The number of anilines is 3. The first-order valence-corrected chi connectivity index (χ1v) is 12.4. The Morgan fingerprint density at radius 1 is 0.892 bits per heavy atom. The van der Waals surface area contributed by atoms with E-state index in [9.17, 15) is 9.59 Å². The van der Waals surface area contributed by atoms with Crippen LogP contribution in [-0.4, -0.2) is 23.7 Å². The molecule has 11 heteroatoms. The van der Waals surface area contributed by atoms with Crippen molar-refractivity contribution in [2.75, 3.05) is 22.2 Å². The Bertz CT molecular complexity index is 1510. The second-order valence-corrected chi connectivity index (χ2v) is 9.68. The normalized spacial score (nSPS) is 14.5. The van der Waals surface area contributed by atoms with Crippen molar-refractivity contribution in [3.05, 3.63) is 105 Å². The Morgan fingerprint density at radius 2 is 1.57 bits per heavy atom. The maximum Gasteiger partial charge on any atom is 0.335 e. The lowest BCUT2D eigenvalue weighted by Gasteiger charge is -2.34. The van der Waals surface area contributed by atoms with Crippen LogP contribution in [0.4, 0.5) is 26.7 Å². The fourth-order valence-electron chi connectivity index (χ4n) is 4.14. The van der Waals surface area contributed by atoms with Gasteiger partial charge in [-0.25, -0.2) is 9.59 Å². The molecule has 188 valence electrons. The minimum atomic E-state index is -0.865. The average molecular weight is 576 g/mol. The standard InChI is InChI=1S/C26H18Cl4N4O3/c1-37-18-8-5-16(6-9-18)33(25(35)31-15-4-10-19(27)21(29)13-15)24-23-3-2-12-32(23)26(36)34(24)17-7-11-20(28)22(30)14-17/h2-14,24H,1H3,(H,31,35). The van der Waals surface area contributed by atoms with Crippen LogP contribution in [0.2, 0.25) is 20.1 Å². The fraction of sp³-hybridized carbons (Fsp3) is 0.0769. The van der Waals surface area contributed by atoms with Crippen molar-refractivity contribution in [1.82, 2.24) is 4.57 Å². The van der Waals surface area contributed by atoms with Crippen LogP contribution >= 0.6 is 46.4 Å². The molecule has 0 bridgehead atoms. The lowest BCUT2D eigenvalue weighted by molar-refractivity contribution is 0.248. The van der Waals surface area contributed by atoms with E-state index >= 15 is 0 Å². The first-order chi connectivity index (χ1) is 17.8. The van der Waals surface area contributed by atoms with Gasteiger partial charge in [-0.3, -0.25) is 14.4 Å². The van der Waals surface area contributed by atoms with E-state index in [4.69, 9.17) is 51.1 Å². The van der Waals surface area contributed by atoms with Gasteiger partial charge in [-0.1, -0.05) is 46.4 Å². The van der Waals surface area contributed by atoms with Crippen LogP contribution in [0.25, 0.3) is 0 Å². The molecule has 1 aliphatic rings. The molecule has 7 nitrogen and oxygen atoms in total. The molecule has 0 saturated heterocycles. The molecular formula is C26H18Cl4N4O3. The third-order valence-electron chi connectivity index (χ3n) is 5.87. The van der Waals surface area contributed by atoms with Crippen molar-refractivity contribution in [1.29, 1.82) is 0 Å². The van der Waals surface area contributed by atoms with Crippen molar-refractivity contribution < 1.29 is 14.3 Å². The molecule has 4 aromatic rings. The number of hydrogen-bond donors (Lipinski definition) is 1. The number of carbonyl (C=O) groups is 2. The zero-order chi connectivity index (χ0) is 26.3. The highest BCUT2D eigenvalue weighted by Gasteiger charge is 2.44. The van der Waals surface area contributed by atoms with Gasteiger partial charge >= 0.3 is 12.1 Å². The summed E-state index contributed by atoms with van der Waals surface area (Å²) in [5.74, 6) is 0.612. The van der Waals surface area contributed by atoms with Crippen molar-refractivity contribution in [3.8, 4) is 5.75 Å². The van der Waals surface area contributed by atoms with Gasteiger partial charge in [-0.2, -0.15) is 0 Å². The molecule has 0 aliphatic carbocycles. The molecule has 0 saturated carbocycles. The number of halogens is 4. The predicted octanol–water partition coefficient (Wildman–Crippen LogP) is 8.34. The fourth-order valence-corrected chi connectivity index (χ4v) is 4.73. The smallest absolute Gasteiger partial charge is 0.335 e. The molecule has 3 amide bonds. The van der Waals surface area contributed by atoms with Crippen LogP contribution < -0.4 is 19.9 Å². The van der Waals surface area contributed by atoms with Crippen molar-refractivity contribution in [3.63, 3.8) is 0 Å². The summed E-state index contributed by atoms with van der Waals surface area (Å²) < 4.78 is 6.77. The van der Waals surface area contributed by atoms with E-state index in [2.05, 4.69) is 5.32 Å². The van der Waals surface area contributed by atoms with Crippen LogP contribution in [0.15, 0.2) is 79.0 Å². The quantitative estimate of drug-likeness (QED) is 0.260. The highest BCUT2D eigenvalue weighted by molar-refractivity contribution is 6.42. The summed E-state index contributed by atoms with van der Waals surface area (Å²) in [5.41, 5.74) is 1.99. The van der Waals surface area contributed by atoms with E-state index < -0.39 is 12.2 Å². The van der Waals surface area contributed by atoms with Crippen LogP contribution in [0.3, 0.4) is 0 Å². The third kappa shape index (κ3) is 4.71. The molecule has 2 heterocycles. The molecule has 5 rings (SSSR count). The number of hydrogen-bond acceptors (Lipinski definition) is 3. The number of carbonyl (C=O) groups excluding carboxylic acids is 2. The summed E-state index contributed by atoms with van der Waals surface area (Å²) in [4.78, 5) is 30.4. The van der Waals surface area contributed by atoms with Gasteiger partial charge in [-0.15, -0.1) is 0 Å². The molecular weight excluding hydrogens is 558 g/mol. The van der Waals surface area contributed by atoms with Crippen LogP contribution in [-0.2, 0) is 0 Å². The Labute approximate surface area is 232 Å². The lowest BCUT2D eigenvalue weighted by atomic mass is 10.2. The van der Waals surface area contributed by atoms with Gasteiger partial charge in [0.1, 0.15) is 5.75 Å². The summed E-state index contributed by atoms with van der Waals surface area (Å²) in [5, 5.41) is 4.13. The van der Waals surface area contributed by atoms with E-state index in [0.29, 0.717) is 38.6 Å². The van der Waals surface area contributed by atoms with Crippen LogP contribution in [0.1, 0.15) is 11.9 Å². The second kappa shape index (κ2) is 10.2. The van der Waals surface area contributed by atoms with E-state index in [1.807, 2.05) is 0 Å². The number of benzene rings is 3. The zero-order valence-corrected chi connectivity index (χ0v) is 22.2. The predicted molar refractivity (Wildman–Crippen MR) is 148 cm³/mol. The van der Waals surface area contributed by atoms with Gasteiger partial charge in [0.25, 0.3) is 0 Å². The van der Waals surface area contributed by atoms with Crippen LogP contribution in [0.5, 0.6) is 5.75 Å². The molecule has 1 aromatic heterocycles. The Morgan fingerprint density at radius 3 is 2.22 bits per heavy atom. The van der Waals surface area contributed by atoms with Gasteiger partial charge in [-0.05, 0) is 72.8 Å². The van der Waals surface area contributed by atoms with E-state index in [-0.39, 0.29) is 16.1 Å². The number of urea groups is 1. The van der Waals surface area contributed by atoms with Crippen LogP contribution in [0, 0.1) is 0 Å². The minimum absolute atomic E-state index is 0.276. The summed E-state index contributed by atoms with van der Waals surface area (Å²) in [7, 11) is 1.55. The molecule has 1 N–H and O–H groups in total. The summed E-state index contributed by atoms with van der Waals surface area (Å²) in [6.07, 6.45) is 0.779. The van der Waals surface area contributed by atoms with E-state index in [1.54, 1.807) is 86.1 Å². The molecule has 3 aromatic carbocycles. The molecule has 37 heavy (non-hydrogen) atoms. The van der Waals surface area contributed by atoms with Crippen molar-refractivity contribution >= 4 is 75.5 Å². The number of aromatic nitrogens is 1. The number of amides is 3. The average Bonchev–Trinajstić information content (AvgIpc) is 3.47. The zero-order valence-electron chi connectivity index (χ0n) is 19.2. The number of rotatable bonds is 5. The Balaban J connectivity index is 1.64. The monoisotopic (exact) mass is 574 g/mol. The first-order valence-electron chi connectivity index (χ1n) is 10.9. The van der Waals surface area contributed by atoms with Crippen molar-refractivity contribution in [2.24, 2.45) is 0 Å². The lowest BCUT2D eigenvalue weighted by Crippen LogP contribution is -2.45. The van der Waals surface area contributed by atoms with E-state index in [1.165, 1.54) is 14.4 Å². The number of ether oxygens (including phenoxy) is 1. The van der Waals surface area contributed by atoms with Gasteiger partial charge in [0.15, 0.2) is 6.17 Å². The maximum atomic E-state index is 13.9. The summed E-state index contributed by atoms with van der Waals surface area (Å²) >= 11 is 24.6. The maximum absolute atomic E-state index is 13.9. The molecule has 0 radical (unpaired) electrons. The second-order valence-electron chi connectivity index (χ2n) is 8.05. The Kier molecular flexibility index (Phi) is 6.96.